The van der Waals surface area contributed by atoms with Crippen molar-refractivity contribution in [1.82, 2.24) is 15.5 Å². The van der Waals surface area contributed by atoms with Crippen LogP contribution in [0.3, 0.4) is 0 Å². The Kier molecular flexibility index (Phi) is 10.6. The summed E-state index contributed by atoms with van der Waals surface area (Å²) in [5.41, 5.74) is -0.441. The van der Waals surface area contributed by atoms with Gasteiger partial charge in [0.25, 0.3) is 0 Å². The van der Waals surface area contributed by atoms with Crippen LogP contribution >= 0.6 is 0 Å². The van der Waals surface area contributed by atoms with Gasteiger partial charge in [0, 0.05) is 6.54 Å². The zero-order valence-electron chi connectivity index (χ0n) is 18.7. The predicted octanol–water partition coefficient (Wildman–Crippen LogP) is -0.277. The molecule has 0 saturated heterocycles. The molecule has 0 aliphatic carbocycles. The van der Waals surface area contributed by atoms with Crippen molar-refractivity contribution in [2.45, 2.75) is 38.5 Å². The monoisotopic (exact) mass is 453 g/mol. The number of nitrogens with zero attached hydrogens (tertiary/aromatic N) is 1. The van der Waals surface area contributed by atoms with E-state index >= 15 is 0 Å². The van der Waals surface area contributed by atoms with E-state index in [0.717, 1.165) is 4.90 Å². The SMILES string of the molecule is COC(=O)CNC(=O)C(c1ccccc1)N(CCO)C(=O)C(CO)NC(=O)OC(C)(C)C. The molecule has 1 aromatic carbocycles. The number of hydrogen-bond donors (Lipinski definition) is 4. The third-order valence-corrected chi connectivity index (χ3v) is 4.11. The minimum atomic E-state index is -1.43. The van der Waals surface area contributed by atoms with Gasteiger partial charge in [0.2, 0.25) is 11.8 Å². The number of amides is 3. The summed E-state index contributed by atoms with van der Waals surface area (Å²) in [6.45, 7) is 2.93. The Balaban J connectivity index is 3.22. The van der Waals surface area contributed by atoms with Crippen molar-refractivity contribution in [3.8, 4) is 0 Å². The number of alkyl carbamates (subject to hydrolysis) is 1. The number of carbonyl (C=O) groups is 4. The number of nitrogens with one attached hydrogen (secondary N) is 2. The first kappa shape index (κ1) is 26.9. The van der Waals surface area contributed by atoms with E-state index in [1.807, 2.05) is 0 Å². The van der Waals surface area contributed by atoms with Crippen molar-refractivity contribution in [3.05, 3.63) is 35.9 Å². The molecule has 11 nitrogen and oxygen atoms in total. The number of benzene rings is 1. The molecule has 3 amide bonds. The fourth-order valence-corrected chi connectivity index (χ4v) is 2.75. The minimum Gasteiger partial charge on any atom is -0.468 e. The molecule has 0 heterocycles. The number of carbonyl (C=O) groups excluding carboxylic acids is 4. The Morgan fingerprint density at radius 2 is 1.72 bits per heavy atom. The molecule has 11 heteroatoms. The van der Waals surface area contributed by atoms with Gasteiger partial charge in [-0.2, -0.15) is 0 Å². The van der Waals surface area contributed by atoms with E-state index < -0.39 is 61.3 Å². The van der Waals surface area contributed by atoms with Crippen LogP contribution < -0.4 is 10.6 Å². The Hall–Kier alpha value is -3.18. The molecule has 178 valence electrons. The predicted molar refractivity (Wildman–Crippen MR) is 113 cm³/mol. The summed E-state index contributed by atoms with van der Waals surface area (Å²) in [5.74, 6) is -2.23. The second kappa shape index (κ2) is 12.6. The van der Waals surface area contributed by atoms with Crippen molar-refractivity contribution in [2.24, 2.45) is 0 Å². The molecular weight excluding hydrogens is 422 g/mol. The Morgan fingerprint density at radius 3 is 2.22 bits per heavy atom. The maximum Gasteiger partial charge on any atom is 0.408 e. The van der Waals surface area contributed by atoms with Gasteiger partial charge in [-0.15, -0.1) is 0 Å². The van der Waals surface area contributed by atoms with Crippen molar-refractivity contribution < 1.29 is 38.9 Å². The van der Waals surface area contributed by atoms with Crippen molar-refractivity contribution >= 4 is 23.9 Å². The second-order valence-corrected chi connectivity index (χ2v) is 7.74. The normalized spacial score (nSPS) is 12.8. The maximum absolute atomic E-state index is 13.2. The lowest BCUT2D eigenvalue weighted by Crippen LogP contribution is -2.55. The number of rotatable bonds is 10. The van der Waals surface area contributed by atoms with E-state index in [0.29, 0.717) is 5.56 Å². The number of methoxy groups -OCH3 is 1. The molecule has 1 aromatic rings. The van der Waals surface area contributed by atoms with E-state index in [2.05, 4.69) is 15.4 Å². The van der Waals surface area contributed by atoms with E-state index in [1.54, 1.807) is 51.1 Å². The van der Waals surface area contributed by atoms with Crippen LogP contribution in [-0.2, 0) is 23.9 Å². The lowest BCUT2D eigenvalue weighted by atomic mass is 10.0. The lowest BCUT2D eigenvalue weighted by Gasteiger charge is -2.33. The Labute approximate surface area is 186 Å². The van der Waals surface area contributed by atoms with Gasteiger partial charge in [0.1, 0.15) is 24.2 Å². The topological polar surface area (TPSA) is 154 Å². The summed E-state index contributed by atoms with van der Waals surface area (Å²) >= 11 is 0. The molecule has 0 aliphatic heterocycles. The highest BCUT2D eigenvalue weighted by Gasteiger charge is 2.36. The molecule has 0 aromatic heterocycles. The van der Waals surface area contributed by atoms with Gasteiger partial charge in [-0.3, -0.25) is 14.4 Å². The summed E-state index contributed by atoms with van der Waals surface area (Å²) in [6, 6.07) is 5.52. The van der Waals surface area contributed by atoms with Gasteiger partial charge in [-0.1, -0.05) is 30.3 Å². The number of hydrogen-bond acceptors (Lipinski definition) is 8. The third kappa shape index (κ3) is 8.52. The van der Waals surface area contributed by atoms with Crippen LogP contribution in [0.5, 0.6) is 0 Å². The molecule has 2 unspecified atom stereocenters. The minimum absolute atomic E-state index is 0.281. The highest BCUT2D eigenvalue weighted by atomic mass is 16.6. The zero-order valence-corrected chi connectivity index (χ0v) is 18.7. The van der Waals surface area contributed by atoms with Gasteiger partial charge in [-0.05, 0) is 26.3 Å². The number of esters is 1. The highest BCUT2D eigenvalue weighted by molar-refractivity contribution is 5.93. The number of aliphatic hydroxyl groups is 2. The first-order valence-corrected chi connectivity index (χ1v) is 9.95. The van der Waals surface area contributed by atoms with E-state index in [9.17, 15) is 29.4 Å². The molecule has 2 atom stereocenters. The molecular formula is C21H31N3O8. The van der Waals surface area contributed by atoms with Crippen LogP contribution in [-0.4, -0.2) is 84.0 Å². The quantitative estimate of drug-likeness (QED) is 0.353. The van der Waals surface area contributed by atoms with Crippen molar-refractivity contribution in [2.75, 3.05) is 33.4 Å². The Morgan fingerprint density at radius 1 is 1.09 bits per heavy atom. The summed E-state index contributed by atoms with van der Waals surface area (Å²) in [4.78, 5) is 50.7. The molecule has 0 spiro atoms. The fourth-order valence-electron chi connectivity index (χ4n) is 2.75. The maximum atomic E-state index is 13.2. The van der Waals surface area contributed by atoms with Crippen LogP contribution in [0.1, 0.15) is 32.4 Å². The Bertz CT molecular complexity index is 779. The van der Waals surface area contributed by atoms with Crippen molar-refractivity contribution in [3.63, 3.8) is 0 Å². The molecule has 0 bridgehead atoms. The standard InChI is InChI=1S/C21H31N3O8/c1-21(2,3)32-20(30)23-15(13-26)19(29)24(10-11-25)17(14-8-6-5-7-9-14)18(28)22-12-16(27)31-4/h5-9,15,17,25-26H,10-13H2,1-4H3,(H,22,28)(H,23,30). The van der Waals surface area contributed by atoms with Crippen LogP contribution in [0, 0.1) is 0 Å². The zero-order chi connectivity index (χ0) is 24.3. The molecule has 1 rings (SSSR count). The van der Waals surface area contributed by atoms with Gasteiger partial charge >= 0.3 is 12.1 Å². The molecule has 32 heavy (non-hydrogen) atoms. The highest BCUT2D eigenvalue weighted by Crippen LogP contribution is 2.22. The van der Waals surface area contributed by atoms with Crippen LogP contribution in [0.25, 0.3) is 0 Å². The van der Waals surface area contributed by atoms with Gasteiger partial charge < -0.3 is 35.2 Å². The fraction of sp³-hybridized carbons (Fsp3) is 0.524. The molecule has 0 saturated carbocycles. The third-order valence-electron chi connectivity index (χ3n) is 4.11. The van der Waals surface area contributed by atoms with Crippen molar-refractivity contribution in [1.29, 1.82) is 0 Å². The van der Waals surface area contributed by atoms with Crippen LogP contribution in [0.2, 0.25) is 0 Å². The smallest absolute Gasteiger partial charge is 0.408 e. The van der Waals surface area contributed by atoms with E-state index in [-0.39, 0.29) is 6.54 Å². The molecule has 0 aliphatic rings. The van der Waals surface area contributed by atoms with Crippen LogP contribution in [0.15, 0.2) is 30.3 Å². The summed E-state index contributed by atoms with van der Waals surface area (Å²) in [6.07, 6.45) is -0.930. The van der Waals surface area contributed by atoms with Gasteiger partial charge in [-0.25, -0.2) is 4.79 Å². The van der Waals surface area contributed by atoms with Gasteiger partial charge in [0.15, 0.2) is 0 Å². The average Bonchev–Trinajstić information content (AvgIpc) is 2.74. The number of aliphatic hydroxyl groups excluding tert-OH is 2. The largest absolute Gasteiger partial charge is 0.468 e. The van der Waals surface area contributed by atoms with Crippen LogP contribution in [0.4, 0.5) is 4.79 Å². The summed E-state index contributed by atoms with van der Waals surface area (Å²) < 4.78 is 9.63. The molecule has 0 fully saturated rings. The first-order valence-electron chi connectivity index (χ1n) is 9.95. The average molecular weight is 453 g/mol. The van der Waals surface area contributed by atoms with E-state index in [4.69, 9.17) is 4.74 Å². The second-order valence-electron chi connectivity index (χ2n) is 7.74. The summed E-state index contributed by atoms with van der Waals surface area (Å²) in [5, 5.41) is 23.9. The van der Waals surface area contributed by atoms with E-state index in [1.165, 1.54) is 7.11 Å². The molecule has 0 radical (unpaired) electrons. The molecule has 4 N–H and O–H groups in total. The lowest BCUT2D eigenvalue weighted by molar-refractivity contribution is -0.145. The number of ether oxygens (including phenoxy) is 2. The van der Waals surface area contributed by atoms with Gasteiger partial charge in [0.05, 0.1) is 20.3 Å². The summed E-state index contributed by atoms with van der Waals surface area (Å²) in [7, 11) is 1.17. The first-order chi connectivity index (χ1) is 15.0.